The number of nitrogens with zero attached hydrogens (tertiary/aromatic N) is 2. The first-order valence-corrected chi connectivity index (χ1v) is 11.4. The van der Waals surface area contributed by atoms with Gasteiger partial charge in [-0.3, -0.25) is 4.79 Å². The van der Waals surface area contributed by atoms with Gasteiger partial charge in [-0.2, -0.15) is 5.10 Å². The summed E-state index contributed by atoms with van der Waals surface area (Å²) in [5.74, 6) is -1.25. The molecule has 182 valence electrons. The van der Waals surface area contributed by atoms with Gasteiger partial charge in [0.1, 0.15) is 17.5 Å². The summed E-state index contributed by atoms with van der Waals surface area (Å²) in [6, 6.07) is 10.2. The van der Waals surface area contributed by atoms with Gasteiger partial charge in [0.05, 0.1) is 24.1 Å². The summed E-state index contributed by atoms with van der Waals surface area (Å²) >= 11 is 5.99. The van der Waals surface area contributed by atoms with Gasteiger partial charge >= 0.3 is 11.9 Å². The molecule has 1 aliphatic heterocycles. The number of nitrogens with one attached hydrogen (secondary N) is 1. The van der Waals surface area contributed by atoms with Gasteiger partial charge in [-0.25, -0.2) is 14.6 Å². The van der Waals surface area contributed by atoms with Crippen LogP contribution in [0.4, 0.5) is 0 Å². The van der Waals surface area contributed by atoms with Crippen LogP contribution in [0.5, 0.6) is 0 Å². The maximum Gasteiger partial charge on any atom is 0.355 e. The van der Waals surface area contributed by atoms with Gasteiger partial charge in [-0.15, -0.1) is 0 Å². The van der Waals surface area contributed by atoms with Gasteiger partial charge < -0.3 is 18.9 Å². The SMILES string of the molecule is CCOC(=O)c1c(C)[nH]c(C(=O)OCC(=O)N2N=C(c3ccc(Cl)cc3)CC2c2ccco2)c1C. The number of carbonyl (C=O) groups excluding carboxylic acids is 3. The second kappa shape index (κ2) is 10.2. The fraction of sp³-hybridized carbons (Fsp3) is 0.280. The standard InChI is InChI=1S/C25H24ClN3O6/c1-4-33-24(31)22-14(2)23(27-15(22)3)25(32)35-13-21(30)29-19(20-6-5-11-34-20)12-18(28-29)16-7-9-17(26)10-8-16/h5-11,19,27H,4,12-13H2,1-3H3. The van der Waals surface area contributed by atoms with Crippen LogP contribution in [0, 0.1) is 13.8 Å². The molecule has 0 saturated heterocycles. The van der Waals surface area contributed by atoms with Crippen molar-refractivity contribution in [1.82, 2.24) is 9.99 Å². The number of ether oxygens (including phenoxy) is 2. The minimum absolute atomic E-state index is 0.0905. The molecular weight excluding hydrogens is 474 g/mol. The topological polar surface area (TPSA) is 114 Å². The lowest BCUT2D eigenvalue weighted by Gasteiger charge is -2.19. The highest BCUT2D eigenvalue weighted by atomic mass is 35.5. The highest BCUT2D eigenvalue weighted by Crippen LogP contribution is 2.33. The van der Waals surface area contributed by atoms with E-state index in [0.717, 1.165) is 5.56 Å². The minimum Gasteiger partial charge on any atom is -0.467 e. The Morgan fingerprint density at radius 2 is 1.89 bits per heavy atom. The van der Waals surface area contributed by atoms with Crippen molar-refractivity contribution in [2.75, 3.05) is 13.2 Å². The molecule has 9 nitrogen and oxygen atoms in total. The van der Waals surface area contributed by atoms with E-state index in [0.29, 0.717) is 34.2 Å². The number of benzene rings is 1. The molecule has 0 saturated carbocycles. The Labute approximate surface area is 206 Å². The summed E-state index contributed by atoms with van der Waals surface area (Å²) in [5, 5.41) is 6.36. The van der Waals surface area contributed by atoms with Crippen LogP contribution in [-0.2, 0) is 14.3 Å². The summed E-state index contributed by atoms with van der Waals surface area (Å²) in [6.45, 7) is 4.64. The zero-order valence-electron chi connectivity index (χ0n) is 19.5. The van der Waals surface area contributed by atoms with Gasteiger partial charge in [0.15, 0.2) is 6.61 Å². The lowest BCUT2D eigenvalue weighted by molar-refractivity contribution is -0.136. The van der Waals surface area contributed by atoms with Crippen LogP contribution >= 0.6 is 11.6 Å². The highest BCUT2D eigenvalue weighted by molar-refractivity contribution is 6.30. The van der Waals surface area contributed by atoms with E-state index in [1.165, 1.54) is 11.3 Å². The van der Waals surface area contributed by atoms with E-state index < -0.39 is 30.5 Å². The third-order valence-corrected chi connectivity index (χ3v) is 5.91. The Morgan fingerprint density at radius 1 is 1.14 bits per heavy atom. The fourth-order valence-corrected chi connectivity index (χ4v) is 4.11. The van der Waals surface area contributed by atoms with Crippen LogP contribution in [-0.4, -0.2) is 46.8 Å². The fourth-order valence-electron chi connectivity index (χ4n) is 3.99. The van der Waals surface area contributed by atoms with Crippen molar-refractivity contribution in [3.63, 3.8) is 0 Å². The number of carbonyl (C=O) groups is 3. The highest BCUT2D eigenvalue weighted by Gasteiger charge is 2.35. The lowest BCUT2D eigenvalue weighted by Crippen LogP contribution is -2.31. The van der Waals surface area contributed by atoms with Crippen LogP contribution in [0.25, 0.3) is 0 Å². The van der Waals surface area contributed by atoms with Crippen molar-refractivity contribution in [2.24, 2.45) is 5.10 Å². The number of aromatic nitrogens is 1. The average molecular weight is 498 g/mol. The maximum atomic E-state index is 13.1. The molecule has 2 aromatic heterocycles. The molecule has 35 heavy (non-hydrogen) atoms. The first kappa shape index (κ1) is 24.3. The number of rotatable bonds is 7. The van der Waals surface area contributed by atoms with Gasteiger partial charge in [0.25, 0.3) is 5.91 Å². The number of hydrogen-bond donors (Lipinski definition) is 1. The molecule has 1 atom stereocenters. The van der Waals surface area contributed by atoms with Crippen LogP contribution in [0.3, 0.4) is 0 Å². The molecule has 1 N–H and O–H groups in total. The number of amides is 1. The molecular formula is C25H24ClN3O6. The Kier molecular flexibility index (Phi) is 7.07. The second-order valence-corrected chi connectivity index (χ2v) is 8.39. The zero-order valence-corrected chi connectivity index (χ0v) is 20.2. The average Bonchev–Trinajstić information content (AvgIpc) is 3.57. The zero-order chi connectivity index (χ0) is 25.1. The molecule has 4 rings (SSSR count). The van der Waals surface area contributed by atoms with Crippen LogP contribution in [0.15, 0.2) is 52.2 Å². The molecule has 1 unspecified atom stereocenters. The van der Waals surface area contributed by atoms with Crippen molar-refractivity contribution < 1.29 is 28.3 Å². The quantitative estimate of drug-likeness (QED) is 0.477. The number of aryl methyl sites for hydroxylation is 1. The largest absolute Gasteiger partial charge is 0.467 e. The third-order valence-electron chi connectivity index (χ3n) is 5.66. The van der Waals surface area contributed by atoms with Crippen molar-refractivity contribution >= 4 is 35.2 Å². The maximum absolute atomic E-state index is 13.1. The smallest absolute Gasteiger partial charge is 0.355 e. The van der Waals surface area contributed by atoms with Gasteiger partial charge in [-0.05, 0) is 56.2 Å². The molecule has 1 amide bonds. The number of esters is 2. The van der Waals surface area contributed by atoms with E-state index >= 15 is 0 Å². The predicted molar refractivity (Wildman–Crippen MR) is 127 cm³/mol. The number of hydrazone groups is 1. The molecule has 0 fully saturated rings. The lowest BCUT2D eigenvalue weighted by atomic mass is 10.0. The number of hydrogen-bond acceptors (Lipinski definition) is 7. The summed E-state index contributed by atoms with van der Waals surface area (Å²) < 4.78 is 15.9. The molecule has 1 aliphatic rings. The van der Waals surface area contributed by atoms with Crippen molar-refractivity contribution in [3.05, 3.63) is 81.5 Å². The molecule has 3 aromatic rings. The first-order valence-electron chi connectivity index (χ1n) is 11.0. The van der Waals surface area contributed by atoms with Crippen molar-refractivity contribution in [2.45, 2.75) is 33.2 Å². The second-order valence-electron chi connectivity index (χ2n) is 7.95. The minimum atomic E-state index is -0.759. The van der Waals surface area contributed by atoms with E-state index in [1.807, 2.05) is 12.1 Å². The van der Waals surface area contributed by atoms with Gasteiger partial charge in [-0.1, -0.05) is 23.7 Å². The Morgan fingerprint density at radius 3 is 2.54 bits per heavy atom. The first-order chi connectivity index (χ1) is 16.8. The molecule has 3 heterocycles. The van der Waals surface area contributed by atoms with E-state index in [1.54, 1.807) is 45.0 Å². The number of halogens is 1. The van der Waals surface area contributed by atoms with Crippen molar-refractivity contribution in [1.29, 1.82) is 0 Å². The van der Waals surface area contributed by atoms with Crippen LogP contribution in [0.1, 0.15) is 62.8 Å². The molecule has 10 heteroatoms. The molecule has 0 radical (unpaired) electrons. The summed E-state index contributed by atoms with van der Waals surface area (Å²) in [7, 11) is 0. The number of aromatic amines is 1. The van der Waals surface area contributed by atoms with E-state index in [2.05, 4.69) is 10.1 Å². The Hall–Kier alpha value is -3.85. The molecule has 0 bridgehead atoms. The Bertz CT molecular complexity index is 1280. The van der Waals surface area contributed by atoms with Gasteiger partial charge in [0, 0.05) is 17.1 Å². The number of furan rings is 1. The van der Waals surface area contributed by atoms with Gasteiger partial charge in [0.2, 0.25) is 0 Å². The molecule has 0 spiro atoms. The predicted octanol–water partition coefficient (Wildman–Crippen LogP) is 4.59. The molecule has 0 aliphatic carbocycles. The Balaban J connectivity index is 1.50. The summed E-state index contributed by atoms with van der Waals surface area (Å²) in [6.07, 6.45) is 1.95. The normalized spacial score (nSPS) is 15.1. The van der Waals surface area contributed by atoms with E-state index in [4.69, 9.17) is 25.5 Å². The summed E-state index contributed by atoms with van der Waals surface area (Å²) in [4.78, 5) is 40.8. The van der Waals surface area contributed by atoms with E-state index in [-0.39, 0.29) is 17.9 Å². The van der Waals surface area contributed by atoms with Crippen molar-refractivity contribution in [3.8, 4) is 0 Å². The van der Waals surface area contributed by atoms with Crippen LogP contribution < -0.4 is 0 Å². The van der Waals surface area contributed by atoms with E-state index in [9.17, 15) is 14.4 Å². The molecule has 1 aromatic carbocycles. The summed E-state index contributed by atoms with van der Waals surface area (Å²) in [5.41, 5.74) is 2.75. The van der Waals surface area contributed by atoms with Crippen LogP contribution in [0.2, 0.25) is 5.02 Å². The monoisotopic (exact) mass is 497 g/mol. The number of H-pyrrole nitrogens is 1. The third kappa shape index (κ3) is 5.00.